The van der Waals surface area contributed by atoms with Crippen LogP contribution in [-0.4, -0.2) is 28.3 Å². The van der Waals surface area contributed by atoms with Gasteiger partial charge in [0, 0.05) is 6.04 Å². The van der Waals surface area contributed by atoms with Crippen LogP contribution in [0.5, 0.6) is 5.75 Å². The fourth-order valence-corrected chi connectivity index (χ4v) is 4.27. The predicted molar refractivity (Wildman–Crippen MR) is 107 cm³/mol. The third kappa shape index (κ3) is 4.91. The minimum absolute atomic E-state index is 0.126. The third-order valence-corrected chi connectivity index (χ3v) is 5.17. The van der Waals surface area contributed by atoms with E-state index in [2.05, 4.69) is 31.2 Å². The molecule has 5 nitrogen and oxygen atoms in total. The van der Waals surface area contributed by atoms with E-state index in [1.165, 1.54) is 18.6 Å². The van der Waals surface area contributed by atoms with E-state index >= 15 is 0 Å². The number of halogens is 1. The number of ether oxygens (including phenoxy) is 1. The maximum atomic E-state index is 13.2. The third-order valence-electron chi connectivity index (χ3n) is 5.17. The van der Waals surface area contributed by atoms with Crippen LogP contribution in [0.2, 0.25) is 0 Å². The van der Waals surface area contributed by atoms with Gasteiger partial charge >= 0.3 is 0 Å². The first-order valence-corrected chi connectivity index (χ1v) is 10.1. The van der Waals surface area contributed by atoms with E-state index in [0.717, 1.165) is 19.3 Å². The smallest absolute Gasteiger partial charge is 0.275 e. The molecular formula is C22H30FN3O2. The Morgan fingerprint density at radius 2 is 2.04 bits per heavy atom. The molecule has 1 fully saturated rings. The van der Waals surface area contributed by atoms with E-state index in [4.69, 9.17) is 4.74 Å². The molecule has 0 saturated heterocycles. The number of carbonyl (C=O) groups excluding carboxylic acids is 1. The van der Waals surface area contributed by atoms with E-state index in [-0.39, 0.29) is 28.9 Å². The van der Waals surface area contributed by atoms with Gasteiger partial charge in [-0.2, -0.15) is 5.10 Å². The summed E-state index contributed by atoms with van der Waals surface area (Å²) in [5.74, 6) is 0.487. The quantitative estimate of drug-likeness (QED) is 0.778. The van der Waals surface area contributed by atoms with Crippen molar-refractivity contribution in [3.05, 3.63) is 42.0 Å². The van der Waals surface area contributed by atoms with E-state index in [1.807, 2.05) is 6.92 Å². The van der Waals surface area contributed by atoms with Crippen LogP contribution in [0.4, 0.5) is 4.39 Å². The van der Waals surface area contributed by atoms with E-state index in [9.17, 15) is 9.18 Å². The number of hydrogen-bond acceptors (Lipinski definition) is 3. The molecular weight excluding hydrogens is 357 g/mol. The Labute approximate surface area is 166 Å². The van der Waals surface area contributed by atoms with Gasteiger partial charge < -0.3 is 10.1 Å². The number of nitrogens with zero attached hydrogens (tertiary/aromatic N) is 2. The number of rotatable bonds is 6. The van der Waals surface area contributed by atoms with Crippen LogP contribution < -0.4 is 10.1 Å². The Morgan fingerprint density at radius 1 is 1.32 bits per heavy atom. The summed E-state index contributed by atoms with van der Waals surface area (Å²) in [6, 6.07) is 6.11. The highest BCUT2D eigenvalue weighted by Crippen LogP contribution is 2.38. The van der Waals surface area contributed by atoms with Crippen molar-refractivity contribution in [1.82, 2.24) is 15.1 Å². The molecule has 1 aliphatic carbocycles. The van der Waals surface area contributed by atoms with Crippen molar-refractivity contribution in [2.75, 3.05) is 6.61 Å². The monoisotopic (exact) mass is 387 g/mol. The molecule has 1 N–H and O–H groups in total. The van der Waals surface area contributed by atoms with Gasteiger partial charge in [0.25, 0.3) is 5.91 Å². The Balaban J connectivity index is 1.82. The predicted octanol–water partition coefficient (Wildman–Crippen LogP) is 4.74. The second kappa shape index (κ2) is 8.33. The van der Waals surface area contributed by atoms with Crippen molar-refractivity contribution >= 4 is 5.91 Å². The Hall–Kier alpha value is -2.37. The number of nitrogens with one attached hydrogen (secondary N) is 1. The zero-order chi connectivity index (χ0) is 20.3. The summed E-state index contributed by atoms with van der Waals surface area (Å²) in [4.78, 5) is 13.0. The lowest BCUT2D eigenvalue weighted by atomic mass is 9.70. The number of aromatic nitrogens is 2. The van der Waals surface area contributed by atoms with Gasteiger partial charge in [-0.1, -0.05) is 27.7 Å². The Kier molecular flexibility index (Phi) is 6.06. The highest BCUT2D eigenvalue weighted by atomic mass is 19.1. The molecule has 0 bridgehead atoms. The average Bonchev–Trinajstić information content (AvgIpc) is 3.03. The normalized spacial score (nSPS) is 21.3. The van der Waals surface area contributed by atoms with Crippen molar-refractivity contribution in [2.24, 2.45) is 11.3 Å². The van der Waals surface area contributed by atoms with Crippen molar-refractivity contribution in [3.63, 3.8) is 0 Å². The number of carbonyl (C=O) groups is 1. The first-order valence-electron chi connectivity index (χ1n) is 10.1. The molecule has 1 aliphatic rings. The topological polar surface area (TPSA) is 56.2 Å². The Morgan fingerprint density at radius 3 is 2.68 bits per heavy atom. The summed E-state index contributed by atoms with van der Waals surface area (Å²) in [5.41, 5.74) is 1.16. The first kappa shape index (κ1) is 20.4. The fraction of sp³-hybridized carbons (Fsp3) is 0.545. The fourth-order valence-electron chi connectivity index (χ4n) is 4.27. The molecule has 1 saturated carbocycles. The lowest BCUT2D eigenvalue weighted by Gasteiger charge is -2.39. The maximum absolute atomic E-state index is 13.2. The van der Waals surface area contributed by atoms with Crippen LogP contribution >= 0.6 is 0 Å². The second-order valence-corrected chi connectivity index (χ2v) is 8.70. The number of hydrogen-bond donors (Lipinski definition) is 1. The number of benzene rings is 1. The van der Waals surface area contributed by atoms with E-state index in [1.54, 1.807) is 23.0 Å². The standard InChI is InChI=1S/C22H30FN3O2/c1-5-10-28-19-14-26(18-8-6-16(23)7-9-18)25-20(19)21(27)24-17-11-15(2)12-22(3,4)13-17/h6-9,14-15,17H,5,10-13H2,1-4H3,(H,24,27). The zero-order valence-corrected chi connectivity index (χ0v) is 17.2. The highest BCUT2D eigenvalue weighted by molar-refractivity contribution is 5.95. The van der Waals surface area contributed by atoms with Crippen LogP contribution in [0.1, 0.15) is 63.9 Å². The molecule has 2 unspecified atom stereocenters. The molecule has 1 amide bonds. The van der Waals surface area contributed by atoms with Crippen LogP contribution in [0.15, 0.2) is 30.5 Å². The summed E-state index contributed by atoms with van der Waals surface area (Å²) >= 11 is 0. The van der Waals surface area contributed by atoms with Crippen LogP contribution in [0.3, 0.4) is 0 Å². The summed E-state index contributed by atoms with van der Waals surface area (Å²) in [6.07, 6.45) is 5.61. The van der Waals surface area contributed by atoms with Gasteiger partial charge in [-0.3, -0.25) is 4.79 Å². The molecule has 1 aromatic heterocycles. The zero-order valence-electron chi connectivity index (χ0n) is 17.2. The Bertz CT molecular complexity index is 814. The van der Waals surface area contributed by atoms with E-state index < -0.39 is 0 Å². The van der Waals surface area contributed by atoms with Crippen molar-refractivity contribution in [1.29, 1.82) is 0 Å². The molecule has 0 aliphatic heterocycles. The SMILES string of the molecule is CCCOc1cn(-c2ccc(F)cc2)nc1C(=O)NC1CC(C)CC(C)(C)C1. The lowest BCUT2D eigenvalue weighted by molar-refractivity contribution is 0.0865. The molecule has 0 radical (unpaired) electrons. The van der Waals surface area contributed by atoms with Gasteiger partial charge in [0.15, 0.2) is 11.4 Å². The van der Waals surface area contributed by atoms with Gasteiger partial charge in [0.1, 0.15) is 5.82 Å². The minimum atomic E-state index is -0.314. The first-order chi connectivity index (χ1) is 13.3. The van der Waals surface area contributed by atoms with Crippen LogP contribution in [-0.2, 0) is 0 Å². The van der Waals surface area contributed by atoms with Crippen molar-refractivity contribution < 1.29 is 13.9 Å². The van der Waals surface area contributed by atoms with Gasteiger partial charge in [-0.25, -0.2) is 9.07 Å². The molecule has 152 valence electrons. The van der Waals surface area contributed by atoms with Gasteiger partial charge in [-0.15, -0.1) is 0 Å². The minimum Gasteiger partial charge on any atom is -0.489 e. The number of amides is 1. The molecule has 6 heteroatoms. The molecule has 2 atom stereocenters. The van der Waals surface area contributed by atoms with Crippen molar-refractivity contribution in [3.8, 4) is 11.4 Å². The molecule has 1 heterocycles. The van der Waals surface area contributed by atoms with E-state index in [0.29, 0.717) is 24.0 Å². The van der Waals surface area contributed by atoms with Crippen LogP contribution in [0.25, 0.3) is 5.69 Å². The second-order valence-electron chi connectivity index (χ2n) is 8.70. The molecule has 28 heavy (non-hydrogen) atoms. The summed E-state index contributed by atoms with van der Waals surface area (Å²) in [6.45, 7) is 9.25. The summed E-state index contributed by atoms with van der Waals surface area (Å²) in [7, 11) is 0. The molecule has 2 aromatic rings. The van der Waals surface area contributed by atoms with Gasteiger partial charge in [0.2, 0.25) is 0 Å². The lowest BCUT2D eigenvalue weighted by Crippen LogP contribution is -2.43. The maximum Gasteiger partial charge on any atom is 0.275 e. The van der Waals surface area contributed by atoms with Crippen LogP contribution in [0, 0.1) is 17.2 Å². The molecule has 0 spiro atoms. The summed E-state index contributed by atoms with van der Waals surface area (Å²) < 4.78 is 20.5. The van der Waals surface area contributed by atoms with Gasteiger partial charge in [-0.05, 0) is 61.3 Å². The molecule has 3 rings (SSSR count). The molecule has 1 aromatic carbocycles. The summed E-state index contributed by atoms with van der Waals surface area (Å²) in [5, 5.41) is 7.60. The highest BCUT2D eigenvalue weighted by Gasteiger charge is 2.33. The van der Waals surface area contributed by atoms with Crippen molar-refractivity contribution in [2.45, 2.75) is 59.4 Å². The largest absolute Gasteiger partial charge is 0.489 e. The average molecular weight is 387 g/mol. The van der Waals surface area contributed by atoms with Gasteiger partial charge in [0.05, 0.1) is 18.5 Å².